The number of nitrogens with one attached hydrogen (secondary N) is 1. The zero-order valence-electron chi connectivity index (χ0n) is 12.3. The highest BCUT2D eigenvalue weighted by molar-refractivity contribution is 7.15. The van der Waals surface area contributed by atoms with Crippen LogP contribution in [0.1, 0.15) is 36.1 Å². The topological polar surface area (TPSA) is 47.0 Å². The molecule has 0 radical (unpaired) electrons. The summed E-state index contributed by atoms with van der Waals surface area (Å²) in [6, 6.07) is 3.64. The van der Waals surface area contributed by atoms with Crippen molar-refractivity contribution in [2.24, 2.45) is 0 Å². The van der Waals surface area contributed by atoms with Crippen LogP contribution in [-0.4, -0.2) is 16.1 Å². The maximum absolute atomic E-state index is 12.5. The Morgan fingerprint density at radius 2 is 1.96 bits per heavy atom. The molecule has 1 fully saturated rings. The summed E-state index contributed by atoms with van der Waals surface area (Å²) < 4.78 is 43.3. The summed E-state index contributed by atoms with van der Waals surface area (Å²) in [5, 5.41) is 3.11. The molecule has 0 atom stereocenters. The number of aromatic nitrogens is 2. The molecule has 1 aliphatic carbocycles. The van der Waals surface area contributed by atoms with E-state index in [0.29, 0.717) is 23.8 Å². The number of pyridine rings is 1. The molecular weight excluding hydrogens is 327 g/mol. The first-order valence-corrected chi connectivity index (χ1v) is 8.21. The molecule has 0 amide bonds. The minimum Gasteiger partial charge on any atom is -0.474 e. The third kappa shape index (κ3) is 4.34. The number of thiazole rings is 1. The van der Waals surface area contributed by atoms with Crippen LogP contribution in [0.25, 0.3) is 0 Å². The van der Waals surface area contributed by atoms with Crippen molar-refractivity contribution in [2.75, 3.05) is 5.32 Å². The first kappa shape index (κ1) is 16.0. The zero-order chi connectivity index (χ0) is 16.3. The number of anilines is 1. The van der Waals surface area contributed by atoms with Crippen LogP contribution in [0, 0.1) is 0 Å². The quantitative estimate of drug-likeness (QED) is 0.869. The van der Waals surface area contributed by atoms with E-state index >= 15 is 0 Å². The number of ether oxygens (including phenoxy) is 1. The molecule has 2 heterocycles. The molecule has 0 spiro atoms. The fourth-order valence-electron chi connectivity index (χ4n) is 2.43. The van der Waals surface area contributed by atoms with E-state index in [1.165, 1.54) is 12.8 Å². The number of rotatable bonds is 5. The molecule has 4 nitrogen and oxygen atoms in total. The van der Waals surface area contributed by atoms with Crippen molar-refractivity contribution in [3.05, 3.63) is 35.0 Å². The van der Waals surface area contributed by atoms with E-state index in [4.69, 9.17) is 4.74 Å². The summed E-state index contributed by atoms with van der Waals surface area (Å²) in [5.41, 5.74) is 0.854. The monoisotopic (exact) mass is 343 g/mol. The first-order valence-electron chi connectivity index (χ1n) is 7.39. The van der Waals surface area contributed by atoms with Gasteiger partial charge in [0, 0.05) is 18.8 Å². The second-order valence-electron chi connectivity index (χ2n) is 5.41. The van der Waals surface area contributed by atoms with Crippen molar-refractivity contribution in [1.82, 2.24) is 9.97 Å². The highest BCUT2D eigenvalue weighted by Crippen LogP contribution is 2.35. The maximum atomic E-state index is 12.5. The summed E-state index contributed by atoms with van der Waals surface area (Å²) in [5.74, 6) is 0.592. The summed E-state index contributed by atoms with van der Waals surface area (Å²) in [4.78, 5) is 7.26. The Morgan fingerprint density at radius 3 is 2.57 bits per heavy atom. The van der Waals surface area contributed by atoms with E-state index in [0.717, 1.165) is 24.6 Å². The molecule has 0 aromatic carbocycles. The SMILES string of the molecule is FC(F)(F)c1cnc(NCc2ccc(OC3CCCC3)nc2)s1. The lowest BCUT2D eigenvalue weighted by molar-refractivity contribution is -0.134. The number of halogens is 3. The van der Waals surface area contributed by atoms with Gasteiger partial charge in [-0.3, -0.25) is 0 Å². The molecule has 1 saturated carbocycles. The molecule has 23 heavy (non-hydrogen) atoms. The van der Waals surface area contributed by atoms with E-state index in [2.05, 4.69) is 15.3 Å². The van der Waals surface area contributed by atoms with Gasteiger partial charge in [-0.1, -0.05) is 17.4 Å². The summed E-state index contributed by atoms with van der Waals surface area (Å²) in [6.07, 6.45) is 2.92. The van der Waals surface area contributed by atoms with Crippen molar-refractivity contribution in [2.45, 2.75) is 44.5 Å². The molecule has 0 saturated heterocycles. The second kappa shape index (κ2) is 6.74. The highest BCUT2D eigenvalue weighted by atomic mass is 32.1. The Labute approximate surface area is 135 Å². The van der Waals surface area contributed by atoms with Crippen molar-refractivity contribution in [1.29, 1.82) is 0 Å². The second-order valence-corrected chi connectivity index (χ2v) is 6.44. The molecule has 124 valence electrons. The fourth-order valence-corrected chi connectivity index (χ4v) is 3.11. The molecule has 8 heteroatoms. The summed E-state index contributed by atoms with van der Waals surface area (Å²) in [7, 11) is 0. The Bertz CT molecular complexity index is 636. The molecule has 1 aliphatic rings. The predicted octanol–water partition coefficient (Wildman–Crippen LogP) is 4.49. The smallest absolute Gasteiger partial charge is 0.427 e. The number of hydrogen-bond acceptors (Lipinski definition) is 5. The largest absolute Gasteiger partial charge is 0.474 e. The maximum Gasteiger partial charge on any atom is 0.427 e. The number of nitrogens with zero attached hydrogens (tertiary/aromatic N) is 2. The van der Waals surface area contributed by atoms with Crippen LogP contribution in [0.5, 0.6) is 5.88 Å². The minimum atomic E-state index is -4.35. The molecular formula is C15H16F3N3OS. The summed E-state index contributed by atoms with van der Waals surface area (Å²) in [6.45, 7) is 0.363. The molecule has 0 aliphatic heterocycles. The number of hydrogen-bond donors (Lipinski definition) is 1. The van der Waals surface area contributed by atoms with Crippen LogP contribution >= 0.6 is 11.3 Å². The molecule has 1 N–H and O–H groups in total. The van der Waals surface area contributed by atoms with Crippen molar-refractivity contribution in [3.63, 3.8) is 0 Å². The third-order valence-corrected chi connectivity index (χ3v) is 4.62. The summed E-state index contributed by atoms with van der Waals surface area (Å²) >= 11 is 0.591. The van der Waals surface area contributed by atoms with Crippen molar-refractivity contribution >= 4 is 16.5 Å². The predicted molar refractivity (Wildman–Crippen MR) is 81.6 cm³/mol. The van der Waals surface area contributed by atoms with E-state index < -0.39 is 11.1 Å². The van der Waals surface area contributed by atoms with Gasteiger partial charge < -0.3 is 10.1 Å². The van der Waals surface area contributed by atoms with Gasteiger partial charge in [-0.15, -0.1) is 0 Å². The lowest BCUT2D eigenvalue weighted by atomic mass is 10.3. The van der Waals surface area contributed by atoms with E-state index in [1.807, 2.05) is 6.07 Å². The Hall–Kier alpha value is -1.83. The van der Waals surface area contributed by atoms with Gasteiger partial charge in [-0.2, -0.15) is 13.2 Å². The molecule has 2 aromatic heterocycles. The van der Waals surface area contributed by atoms with Gasteiger partial charge in [-0.05, 0) is 31.2 Å². The van der Waals surface area contributed by atoms with Crippen LogP contribution < -0.4 is 10.1 Å². The third-order valence-electron chi connectivity index (χ3n) is 3.62. The minimum absolute atomic E-state index is 0.239. The highest BCUT2D eigenvalue weighted by Gasteiger charge is 2.33. The van der Waals surface area contributed by atoms with Gasteiger partial charge in [-0.25, -0.2) is 9.97 Å². The van der Waals surface area contributed by atoms with Gasteiger partial charge in [0.2, 0.25) is 5.88 Å². The van der Waals surface area contributed by atoms with Crippen LogP contribution in [-0.2, 0) is 12.7 Å². The van der Waals surface area contributed by atoms with E-state index in [-0.39, 0.29) is 11.2 Å². The van der Waals surface area contributed by atoms with Crippen LogP contribution in [0.15, 0.2) is 24.5 Å². The Balaban J connectivity index is 1.53. The Kier molecular flexibility index (Phi) is 4.70. The van der Waals surface area contributed by atoms with Gasteiger partial charge in [0.05, 0.1) is 6.20 Å². The number of alkyl halides is 3. The van der Waals surface area contributed by atoms with Gasteiger partial charge in [0.25, 0.3) is 0 Å². The first-order chi connectivity index (χ1) is 11.0. The molecule has 0 bridgehead atoms. The van der Waals surface area contributed by atoms with E-state index in [1.54, 1.807) is 12.3 Å². The standard InChI is InChI=1S/C15H16F3N3OS/c16-15(17,18)12-9-21-14(23-12)20-8-10-5-6-13(19-7-10)22-11-3-1-2-4-11/h5-7,9,11H,1-4,8H2,(H,20,21). The molecule has 2 aromatic rings. The average molecular weight is 343 g/mol. The molecule has 3 rings (SSSR count). The van der Waals surface area contributed by atoms with Crippen molar-refractivity contribution in [3.8, 4) is 5.88 Å². The lowest BCUT2D eigenvalue weighted by Gasteiger charge is -2.12. The zero-order valence-corrected chi connectivity index (χ0v) is 13.1. The van der Waals surface area contributed by atoms with Gasteiger partial charge in [0.15, 0.2) is 5.13 Å². The molecule has 0 unspecified atom stereocenters. The lowest BCUT2D eigenvalue weighted by Crippen LogP contribution is -2.11. The van der Waals surface area contributed by atoms with Gasteiger partial charge in [0.1, 0.15) is 11.0 Å². The van der Waals surface area contributed by atoms with Crippen molar-refractivity contribution < 1.29 is 17.9 Å². The van der Waals surface area contributed by atoms with E-state index in [9.17, 15) is 13.2 Å². The van der Waals surface area contributed by atoms with Crippen LogP contribution in [0.3, 0.4) is 0 Å². The van der Waals surface area contributed by atoms with Gasteiger partial charge >= 0.3 is 6.18 Å². The fraction of sp³-hybridized carbons (Fsp3) is 0.467. The van der Waals surface area contributed by atoms with Crippen LogP contribution in [0.2, 0.25) is 0 Å². The normalized spacial score (nSPS) is 15.8. The van der Waals surface area contributed by atoms with Crippen LogP contribution in [0.4, 0.5) is 18.3 Å². The Morgan fingerprint density at radius 1 is 1.17 bits per heavy atom. The average Bonchev–Trinajstić information content (AvgIpc) is 3.17.